The summed E-state index contributed by atoms with van der Waals surface area (Å²) in [5.74, 6) is 0.355. The van der Waals surface area contributed by atoms with E-state index in [2.05, 4.69) is 29.4 Å². The molecule has 4 rings (SSSR count). The molecule has 0 unspecified atom stereocenters. The summed E-state index contributed by atoms with van der Waals surface area (Å²) < 4.78 is 7.23. The molecule has 1 aromatic heterocycles. The van der Waals surface area contributed by atoms with E-state index in [0.29, 0.717) is 11.5 Å². The van der Waals surface area contributed by atoms with Gasteiger partial charge in [-0.1, -0.05) is 55.7 Å². The molecule has 0 bridgehead atoms. The Hall–Kier alpha value is -2.88. The Morgan fingerprint density at radius 3 is 2.52 bits per heavy atom. The molecule has 138 valence electrons. The third-order valence-electron chi connectivity index (χ3n) is 5.30. The van der Waals surface area contributed by atoms with Crippen LogP contribution in [-0.2, 0) is 11.3 Å². The van der Waals surface area contributed by atoms with E-state index >= 15 is 0 Å². The molecule has 0 spiro atoms. The van der Waals surface area contributed by atoms with Crippen molar-refractivity contribution >= 4 is 5.97 Å². The van der Waals surface area contributed by atoms with Crippen molar-refractivity contribution in [3.63, 3.8) is 0 Å². The lowest BCUT2D eigenvalue weighted by atomic mass is 9.84. The summed E-state index contributed by atoms with van der Waals surface area (Å²) in [7, 11) is 0. The van der Waals surface area contributed by atoms with Crippen molar-refractivity contribution in [3.8, 4) is 5.69 Å². The van der Waals surface area contributed by atoms with Gasteiger partial charge in [0.15, 0.2) is 0 Å². The predicted octanol–water partition coefficient (Wildman–Crippen LogP) is 5.28. The number of nitrogens with zero attached hydrogens (tertiary/aromatic N) is 2. The van der Waals surface area contributed by atoms with Crippen LogP contribution in [0.25, 0.3) is 5.69 Å². The topological polar surface area (TPSA) is 44.1 Å². The van der Waals surface area contributed by atoms with Crippen molar-refractivity contribution < 1.29 is 9.53 Å². The standard InChI is InChI=1S/C23H24N2O2/c26-23(21-9-4-5-10-22(21)25-16-6-15-24-25)27-17-18-11-13-20(14-12-18)19-7-2-1-3-8-19/h4-6,9-16,19H,1-3,7-8,17H2. The fourth-order valence-corrected chi connectivity index (χ4v) is 3.81. The number of rotatable bonds is 5. The van der Waals surface area contributed by atoms with Gasteiger partial charge in [-0.05, 0) is 48.1 Å². The monoisotopic (exact) mass is 360 g/mol. The van der Waals surface area contributed by atoms with Crippen molar-refractivity contribution in [1.82, 2.24) is 9.78 Å². The number of esters is 1. The quantitative estimate of drug-likeness (QED) is 0.582. The molecule has 2 aromatic carbocycles. The lowest BCUT2D eigenvalue weighted by Gasteiger charge is -2.22. The van der Waals surface area contributed by atoms with Crippen LogP contribution in [0, 0.1) is 0 Å². The van der Waals surface area contributed by atoms with Crippen molar-refractivity contribution in [2.24, 2.45) is 0 Å². The Morgan fingerprint density at radius 1 is 1.00 bits per heavy atom. The van der Waals surface area contributed by atoms with Gasteiger partial charge in [-0.2, -0.15) is 5.10 Å². The van der Waals surface area contributed by atoms with E-state index in [1.807, 2.05) is 30.5 Å². The normalized spacial score (nSPS) is 14.8. The molecule has 1 aliphatic carbocycles. The minimum absolute atomic E-state index is 0.275. The molecule has 4 heteroatoms. The zero-order valence-electron chi connectivity index (χ0n) is 15.4. The summed E-state index contributed by atoms with van der Waals surface area (Å²) in [5.41, 5.74) is 3.66. The second-order valence-corrected chi connectivity index (χ2v) is 7.12. The van der Waals surface area contributed by atoms with Crippen LogP contribution in [0.1, 0.15) is 59.5 Å². The number of ether oxygens (including phenoxy) is 1. The Bertz CT molecular complexity index is 879. The van der Waals surface area contributed by atoms with E-state index in [4.69, 9.17) is 4.74 Å². The molecule has 1 heterocycles. The Kier molecular flexibility index (Phi) is 5.33. The number of carbonyl (C=O) groups excluding carboxylic acids is 1. The maximum Gasteiger partial charge on any atom is 0.340 e. The maximum atomic E-state index is 12.6. The smallest absolute Gasteiger partial charge is 0.340 e. The number of hydrogen-bond donors (Lipinski definition) is 0. The Balaban J connectivity index is 1.41. The number of benzene rings is 2. The van der Waals surface area contributed by atoms with Crippen LogP contribution in [0.2, 0.25) is 0 Å². The van der Waals surface area contributed by atoms with Crippen molar-refractivity contribution in [2.75, 3.05) is 0 Å². The Labute approximate surface area is 159 Å². The number of para-hydroxylation sites is 1. The van der Waals surface area contributed by atoms with Crippen LogP contribution in [0.5, 0.6) is 0 Å². The van der Waals surface area contributed by atoms with Crippen LogP contribution in [-0.4, -0.2) is 15.7 Å². The molecular formula is C23H24N2O2. The van der Waals surface area contributed by atoms with E-state index in [0.717, 1.165) is 11.3 Å². The summed E-state index contributed by atoms with van der Waals surface area (Å²) >= 11 is 0. The van der Waals surface area contributed by atoms with E-state index in [1.54, 1.807) is 16.9 Å². The summed E-state index contributed by atoms with van der Waals surface area (Å²) in [6, 6.07) is 17.7. The molecule has 0 radical (unpaired) electrons. The average Bonchev–Trinajstić information content (AvgIpc) is 3.28. The summed E-state index contributed by atoms with van der Waals surface area (Å²) in [6.45, 7) is 0.275. The highest BCUT2D eigenvalue weighted by molar-refractivity contribution is 5.93. The number of carbonyl (C=O) groups is 1. The molecule has 0 amide bonds. The molecule has 0 atom stereocenters. The zero-order chi connectivity index (χ0) is 18.5. The predicted molar refractivity (Wildman–Crippen MR) is 105 cm³/mol. The van der Waals surface area contributed by atoms with Gasteiger partial charge in [-0.25, -0.2) is 9.48 Å². The second-order valence-electron chi connectivity index (χ2n) is 7.12. The maximum absolute atomic E-state index is 12.6. The molecular weight excluding hydrogens is 336 g/mol. The number of aromatic nitrogens is 2. The largest absolute Gasteiger partial charge is 0.457 e. The van der Waals surface area contributed by atoms with E-state index in [1.165, 1.54) is 37.7 Å². The molecule has 1 aliphatic rings. The molecule has 4 nitrogen and oxygen atoms in total. The first kappa shape index (κ1) is 17.5. The third-order valence-corrected chi connectivity index (χ3v) is 5.30. The van der Waals surface area contributed by atoms with Gasteiger partial charge in [0.25, 0.3) is 0 Å². The third kappa shape index (κ3) is 4.11. The molecule has 27 heavy (non-hydrogen) atoms. The first-order valence-corrected chi connectivity index (χ1v) is 9.66. The first-order chi connectivity index (χ1) is 13.3. The average molecular weight is 360 g/mol. The zero-order valence-corrected chi connectivity index (χ0v) is 15.4. The van der Waals surface area contributed by atoms with Crippen molar-refractivity contribution in [3.05, 3.63) is 83.7 Å². The van der Waals surface area contributed by atoms with E-state index in [9.17, 15) is 4.79 Å². The summed E-state index contributed by atoms with van der Waals surface area (Å²) in [5, 5.41) is 4.21. The number of hydrogen-bond acceptors (Lipinski definition) is 3. The SMILES string of the molecule is O=C(OCc1ccc(C2CCCCC2)cc1)c1ccccc1-n1cccn1. The molecule has 0 aliphatic heterocycles. The van der Waals surface area contributed by atoms with Crippen LogP contribution in [0.4, 0.5) is 0 Å². The lowest BCUT2D eigenvalue weighted by Crippen LogP contribution is -2.10. The highest BCUT2D eigenvalue weighted by Crippen LogP contribution is 2.32. The van der Waals surface area contributed by atoms with Crippen molar-refractivity contribution in [1.29, 1.82) is 0 Å². The van der Waals surface area contributed by atoms with Crippen LogP contribution < -0.4 is 0 Å². The van der Waals surface area contributed by atoms with Gasteiger partial charge in [0, 0.05) is 12.4 Å². The van der Waals surface area contributed by atoms with Gasteiger partial charge < -0.3 is 4.74 Å². The summed E-state index contributed by atoms with van der Waals surface area (Å²) in [4.78, 5) is 12.6. The fourth-order valence-electron chi connectivity index (χ4n) is 3.81. The summed E-state index contributed by atoms with van der Waals surface area (Å²) in [6.07, 6.45) is 10.1. The van der Waals surface area contributed by atoms with Gasteiger partial charge in [0.05, 0.1) is 11.3 Å². The van der Waals surface area contributed by atoms with Gasteiger partial charge >= 0.3 is 5.97 Å². The minimum atomic E-state index is -0.336. The van der Waals surface area contributed by atoms with Crippen LogP contribution in [0.15, 0.2) is 67.0 Å². The van der Waals surface area contributed by atoms with Crippen LogP contribution in [0.3, 0.4) is 0 Å². The van der Waals surface area contributed by atoms with Gasteiger partial charge in [0.1, 0.15) is 6.61 Å². The first-order valence-electron chi connectivity index (χ1n) is 9.66. The van der Waals surface area contributed by atoms with Gasteiger partial charge in [-0.3, -0.25) is 0 Å². The van der Waals surface area contributed by atoms with E-state index < -0.39 is 0 Å². The van der Waals surface area contributed by atoms with E-state index in [-0.39, 0.29) is 12.6 Å². The highest BCUT2D eigenvalue weighted by atomic mass is 16.5. The fraction of sp³-hybridized carbons (Fsp3) is 0.304. The van der Waals surface area contributed by atoms with Crippen LogP contribution >= 0.6 is 0 Å². The minimum Gasteiger partial charge on any atom is -0.457 e. The Morgan fingerprint density at radius 2 is 1.78 bits per heavy atom. The van der Waals surface area contributed by atoms with Gasteiger partial charge in [0.2, 0.25) is 0 Å². The lowest BCUT2D eigenvalue weighted by molar-refractivity contribution is 0.0472. The second kappa shape index (κ2) is 8.21. The van der Waals surface area contributed by atoms with Crippen molar-refractivity contribution in [2.45, 2.75) is 44.6 Å². The molecule has 1 saturated carbocycles. The molecule has 3 aromatic rings. The molecule has 1 fully saturated rings. The highest BCUT2D eigenvalue weighted by Gasteiger charge is 2.16. The molecule has 0 N–H and O–H groups in total. The van der Waals surface area contributed by atoms with Gasteiger partial charge in [-0.15, -0.1) is 0 Å². The molecule has 0 saturated heterocycles.